The number of halogens is 3. The van der Waals surface area contributed by atoms with Gasteiger partial charge in [0, 0.05) is 12.1 Å². The van der Waals surface area contributed by atoms with Gasteiger partial charge in [0.2, 0.25) is 0 Å². The van der Waals surface area contributed by atoms with E-state index in [1.54, 1.807) is 25.2 Å². The van der Waals surface area contributed by atoms with Crippen LogP contribution in [0.5, 0.6) is 23.0 Å². The molecule has 1 heterocycles. The van der Waals surface area contributed by atoms with Crippen LogP contribution in [0.4, 0.5) is 13.2 Å². The van der Waals surface area contributed by atoms with Gasteiger partial charge in [0.1, 0.15) is 0 Å². The van der Waals surface area contributed by atoms with Gasteiger partial charge in [-0.05, 0) is 72.0 Å². The van der Waals surface area contributed by atoms with Crippen molar-refractivity contribution < 1.29 is 36.9 Å². The van der Waals surface area contributed by atoms with Crippen molar-refractivity contribution in [1.29, 1.82) is 0 Å². The number of alkyl halides is 3. The van der Waals surface area contributed by atoms with Gasteiger partial charge in [0.15, 0.2) is 23.0 Å². The van der Waals surface area contributed by atoms with Gasteiger partial charge in [0.05, 0.1) is 40.0 Å². The molecule has 0 saturated heterocycles. The zero-order valence-corrected chi connectivity index (χ0v) is 21.0. The van der Waals surface area contributed by atoms with E-state index in [2.05, 4.69) is 0 Å². The number of carbonyl (C=O) groups excluding carboxylic acids is 1. The summed E-state index contributed by atoms with van der Waals surface area (Å²) in [5.74, 6) is 1.71. The summed E-state index contributed by atoms with van der Waals surface area (Å²) in [5, 5.41) is 0. The normalized spacial score (nSPS) is 15.1. The molecule has 1 unspecified atom stereocenters. The monoisotopic (exact) mass is 515 g/mol. The van der Waals surface area contributed by atoms with E-state index >= 15 is 0 Å². The molecule has 0 aliphatic carbocycles. The first-order chi connectivity index (χ1) is 17.7. The summed E-state index contributed by atoms with van der Waals surface area (Å²) in [6.45, 7) is 0.329. The van der Waals surface area contributed by atoms with Gasteiger partial charge in [0.25, 0.3) is 5.91 Å². The number of ether oxygens (including phenoxy) is 4. The predicted molar refractivity (Wildman–Crippen MR) is 132 cm³/mol. The van der Waals surface area contributed by atoms with Gasteiger partial charge in [-0.25, -0.2) is 0 Å². The SMILES string of the molecule is COc1ccc(CC2c3cc(OC)c(OC)cc3CCN2C(=O)c2cccc(C(F)(F)F)c2)cc1OC. The Morgan fingerprint density at radius 3 is 2.16 bits per heavy atom. The minimum atomic E-state index is -4.55. The molecule has 0 spiro atoms. The quantitative estimate of drug-likeness (QED) is 0.403. The summed E-state index contributed by atoms with van der Waals surface area (Å²) in [6, 6.07) is 13.3. The highest BCUT2D eigenvalue weighted by molar-refractivity contribution is 5.95. The molecule has 6 nitrogen and oxygen atoms in total. The fourth-order valence-electron chi connectivity index (χ4n) is 4.72. The molecule has 1 aliphatic rings. The number of methoxy groups -OCH3 is 4. The van der Waals surface area contributed by atoms with Gasteiger partial charge in [-0.3, -0.25) is 4.79 Å². The van der Waals surface area contributed by atoms with E-state index in [1.165, 1.54) is 26.4 Å². The van der Waals surface area contributed by atoms with Crippen molar-refractivity contribution in [3.8, 4) is 23.0 Å². The molecule has 1 amide bonds. The maximum absolute atomic E-state index is 13.6. The molecule has 3 aromatic rings. The Bertz CT molecular complexity index is 1290. The molecule has 0 fully saturated rings. The van der Waals surface area contributed by atoms with E-state index in [0.717, 1.165) is 28.8 Å². The van der Waals surface area contributed by atoms with Gasteiger partial charge < -0.3 is 23.8 Å². The number of benzene rings is 3. The Kier molecular flexibility index (Phi) is 7.52. The highest BCUT2D eigenvalue weighted by Crippen LogP contribution is 2.41. The van der Waals surface area contributed by atoms with Crippen LogP contribution in [0.1, 0.15) is 38.7 Å². The largest absolute Gasteiger partial charge is 0.493 e. The van der Waals surface area contributed by atoms with Crippen molar-refractivity contribution in [2.75, 3.05) is 35.0 Å². The van der Waals surface area contributed by atoms with Gasteiger partial charge in [-0.2, -0.15) is 13.2 Å². The van der Waals surface area contributed by atoms with E-state index < -0.39 is 23.7 Å². The van der Waals surface area contributed by atoms with Crippen molar-refractivity contribution in [3.63, 3.8) is 0 Å². The van der Waals surface area contributed by atoms with Crippen molar-refractivity contribution >= 4 is 5.91 Å². The Morgan fingerprint density at radius 1 is 0.865 bits per heavy atom. The Labute approximate surface area is 213 Å². The van der Waals surface area contributed by atoms with Crippen LogP contribution in [0.2, 0.25) is 0 Å². The molecule has 0 radical (unpaired) electrons. The number of hydrogen-bond acceptors (Lipinski definition) is 5. The van der Waals surface area contributed by atoms with Crippen LogP contribution in [-0.2, 0) is 19.0 Å². The van der Waals surface area contributed by atoms with Crippen LogP contribution in [0.15, 0.2) is 54.6 Å². The molecule has 4 rings (SSSR count). The third kappa shape index (κ3) is 5.30. The number of fused-ring (bicyclic) bond motifs is 1. The molecule has 1 atom stereocenters. The summed E-state index contributed by atoms with van der Waals surface area (Å²) < 4.78 is 61.8. The average Bonchev–Trinajstić information content (AvgIpc) is 2.91. The molecule has 0 saturated carbocycles. The average molecular weight is 516 g/mol. The summed E-state index contributed by atoms with van der Waals surface area (Å²) in [5.41, 5.74) is 1.82. The first-order valence-corrected chi connectivity index (χ1v) is 11.6. The number of nitrogens with zero attached hydrogens (tertiary/aromatic N) is 1. The van der Waals surface area contributed by atoms with E-state index in [-0.39, 0.29) is 5.56 Å². The Hall–Kier alpha value is -3.88. The third-order valence-electron chi connectivity index (χ3n) is 6.58. The van der Waals surface area contributed by atoms with Gasteiger partial charge >= 0.3 is 6.18 Å². The molecule has 0 bridgehead atoms. The summed E-state index contributed by atoms with van der Waals surface area (Å²) in [6.07, 6.45) is -3.63. The molecule has 3 aromatic carbocycles. The lowest BCUT2D eigenvalue weighted by Gasteiger charge is -2.38. The van der Waals surface area contributed by atoms with E-state index in [4.69, 9.17) is 18.9 Å². The number of carbonyl (C=O) groups is 1. The van der Waals surface area contributed by atoms with Crippen LogP contribution in [0, 0.1) is 0 Å². The summed E-state index contributed by atoms with van der Waals surface area (Å²) >= 11 is 0. The molecular formula is C28H28F3NO5. The smallest absolute Gasteiger partial charge is 0.416 e. The minimum Gasteiger partial charge on any atom is -0.493 e. The molecule has 0 N–H and O–H groups in total. The molecular weight excluding hydrogens is 487 g/mol. The molecule has 1 aliphatic heterocycles. The topological polar surface area (TPSA) is 57.2 Å². The van der Waals surface area contributed by atoms with E-state index in [9.17, 15) is 18.0 Å². The van der Waals surface area contributed by atoms with E-state index in [0.29, 0.717) is 42.4 Å². The maximum Gasteiger partial charge on any atom is 0.416 e. The maximum atomic E-state index is 13.6. The molecule has 0 aromatic heterocycles. The van der Waals surface area contributed by atoms with Crippen LogP contribution in [0.25, 0.3) is 0 Å². The van der Waals surface area contributed by atoms with Gasteiger partial charge in [-0.1, -0.05) is 12.1 Å². The van der Waals surface area contributed by atoms with Crippen molar-refractivity contribution in [1.82, 2.24) is 4.90 Å². The van der Waals surface area contributed by atoms with Crippen molar-refractivity contribution in [2.45, 2.75) is 25.1 Å². The number of rotatable bonds is 7. The zero-order chi connectivity index (χ0) is 26.7. The zero-order valence-electron chi connectivity index (χ0n) is 21.0. The second-order valence-electron chi connectivity index (χ2n) is 8.64. The highest BCUT2D eigenvalue weighted by Gasteiger charge is 2.35. The second kappa shape index (κ2) is 10.6. The first kappa shape index (κ1) is 26.2. The fourth-order valence-corrected chi connectivity index (χ4v) is 4.72. The molecule has 196 valence electrons. The lowest BCUT2D eigenvalue weighted by atomic mass is 9.87. The van der Waals surface area contributed by atoms with Crippen LogP contribution >= 0.6 is 0 Å². The third-order valence-corrected chi connectivity index (χ3v) is 6.58. The molecule has 9 heteroatoms. The van der Waals surface area contributed by atoms with Crippen molar-refractivity contribution in [3.05, 3.63) is 82.4 Å². The minimum absolute atomic E-state index is 0.0175. The van der Waals surface area contributed by atoms with Crippen LogP contribution in [-0.4, -0.2) is 45.8 Å². The second-order valence-corrected chi connectivity index (χ2v) is 8.64. The Balaban J connectivity index is 1.79. The van der Waals surface area contributed by atoms with Gasteiger partial charge in [-0.15, -0.1) is 0 Å². The number of amides is 1. The predicted octanol–water partition coefficient (Wildman–Crippen LogP) is 5.72. The summed E-state index contributed by atoms with van der Waals surface area (Å²) in [7, 11) is 6.17. The molecule has 37 heavy (non-hydrogen) atoms. The number of hydrogen-bond donors (Lipinski definition) is 0. The van der Waals surface area contributed by atoms with Crippen molar-refractivity contribution in [2.24, 2.45) is 0 Å². The summed E-state index contributed by atoms with van der Waals surface area (Å²) in [4.78, 5) is 15.3. The lowest BCUT2D eigenvalue weighted by molar-refractivity contribution is -0.137. The van der Waals surface area contributed by atoms with Crippen LogP contribution in [0.3, 0.4) is 0 Å². The first-order valence-electron chi connectivity index (χ1n) is 11.6. The lowest BCUT2D eigenvalue weighted by Crippen LogP contribution is -2.41. The van der Waals surface area contributed by atoms with Crippen LogP contribution < -0.4 is 18.9 Å². The highest BCUT2D eigenvalue weighted by atomic mass is 19.4. The standard InChI is InChI=1S/C28H28F3NO5/c1-34-23-9-8-17(13-24(23)35-2)12-22-21-16-26(37-4)25(36-3)15-18(21)10-11-32(22)27(33)19-6-5-7-20(14-19)28(29,30)31/h5-9,13-16,22H,10-12H2,1-4H3. The fraction of sp³-hybridized carbons (Fsp3) is 0.321. The van der Waals surface area contributed by atoms with E-state index in [1.807, 2.05) is 24.3 Å². The Morgan fingerprint density at radius 2 is 1.51 bits per heavy atom.